The van der Waals surface area contributed by atoms with E-state index in [4.69, 9.17) is 4.74 Å². The Morgan fingerprint density at radius 1 is 1.53 bits per heavy atom. The van der Waals surface area contributed by atoms with Gasteiger partial charge in [-0.2, -0.15) is 0 Å². The normalized spacial score (nSPS) is 10.6. The molecule has 0 aliphatic carbocycles. The first-order chi connectivity index (χ1) is 7.19. The van der Waals surface area contributed by atoms with Crippen LogP contribution in [0.15, 0.2) is 24.3 Å². The summed E-state index contributed by atoms with van der Waals surface area (Å²) in [5, 5.41) is 0.778. The van der Waals surface area contributed by atoms with Crippen molar-refractivity contribution in [2.24, 2.45) is 0 Å². The number of ketones is 1. The molecule has 0 spiro atoms. The van der Waals surface area contributed by atoms with Crippen LogP contribution in [-0.4, -0.2) is 18.2 Å². The molecule has 0 saturated carbocycles. The molecule has 0 N–H and O–H groups in total. The van der Waals surface area contributed by atoms with Gasteiger partial charge in [0, 0.05) is 16.5 Å². The van der Waals surface area contributed by atoms with Gasteiger partial charge in [0.1, 0.15) is 5.75 Å². The van der Waals surface area contributed by atoms with Gasteiger partial charge in [0.25, 0.3) is 0 Å². The molecule has 1 aromatic carbocycles. The first-order valence-corrected chi connectivity index (χ1v) is 5.72. The van der Waals surface area contributed by atoms with Crippen LogP contribution in [0.1, 0.15) is 22.8 Å². The Labute approximate surface area is 98.1 Å². The minimum absolute atomic E-state index is 0.0612. The zero-order valence-electron chi connectivity index (χ0n) is 8.79. The Kier molecular flexibility index (Phi) is 4.56. The predicted octanol–water partition coefficient (Wildman–Crippen LogP) is 3.31. The van der Waals surface area contributed by atoms with Crippen molar-refractivity contribution in [2.75, 3.05) is 12.4 Å². The van der Waals surface area contributed by atoms with E-state index in [1.165, 1.54) is 0 Å². The van der Waals surface area contributed by atoms with Gasteiger partial charge in [-0.3, -0.25) is 4.79 Å². The average molecular weight is 269 g/mol. The Balaban J connectivity index is 3.13. The van der Waals surface area contributed by atoms with E-state index >= 15 is 0 Å². The molecule has 0 amide bonds. The van der Waals surface area contributed by atoms with E-state index in [2.05, 4.69) is 15.9 Å². The Hall–Kier alpha value is -1.09. The molecule has 0 aliphatic heterocycles. The van der Waals surface area contributed by atoms with Crippen molar-refractivity contribution >= 4 is 27.8 Å². The molecule has 3 heteroatoms. The van der Waals surface area contributed by atoms with Crippen molar-refractivity contribution in [3.63, 3.8) is 0 Å². The zero-order chi connectivity index (χ0) is 11.3. The minimum Gasteiger partial charge on any atom is -0.496 e. The number of hydrogen-bond acceptors (Lipinski definition) is 2. The molecule has 0 aromatic heterocycles. The summed E-state index contributed by atoms with van der Waals surface area (Å²) in [5.74, 6) is 0.836. The lowest BCUT2D eigenvalue weighted by molar-refractivity contribution is 0.101. The Morgan fingerprint density at radius 3 is 2.80 bits per heavy atom. The molecule has 2 nitrogen and oxygen atoms in total. The van der Waals surface area contributed by atoms with Crippen molar-refractivity contribution in [3.05, 3.63) is 35.4 Å². The second-order valence-corrected chi connectivity index (χ2v) is 3.72. The SMILES string of the molecule is COc1ccc(C(C)=O)cc1C=CCBr. The fourth-order valence-corrected chi connectivity index (χ4v) is 1.44. The number of rotatable bonds is 4. The van der Waals surface area contributed by atoms with Crippen LogP contribution < -0.4 is 4.74 Å². The quantitative estimate of drug-likeness (QED) is 0.619. The van der Waals surface area contributed by atoms with Crippen molar-refractivity contribution in [2.45, 2.75) is 6.92 Å². The van der Waals surface area contributed by atoms with E-state index in [1.54, 1.807) is 20.1 Å². The number of hydrogen-bond donors (Lipinski definition) is 0. The number of alkyl halides is 1. The molecule has 0 aliphatic rings. The largest absolute Gasteiger partial charge is 0.496 e. The second kappa shape index (κ2) is 5.71. The van der Waals surface area contributed by atoms with Gasteiger partial charge in [-0.05, 0) is 25.1 Å². The summed E-state index contributed by atoms with van der Waals surface area (Å²) in [6.45, 7) is 1.56. The maximum atomic E-state index is 11.2. The standard InChI is InChI=1S/C12H13BrO2/c1-9(14)10-5-6-12(15-2)11(8-10)4-3-7-13/h3-6,8H,7H2,1-2H3. The smallest absolute Gasteiger partial charge is 0.159 e. The first kappa shape index (κ1) is 12.0. The maximum Gasteiger partial charge on any atom is 0.159 e. The third-order valence-electron chi connectivity index (χ3n) is 2.02. The number of benzene rings is 1. The lowest BCUT2D eigenvalue weighted by atomic mass is 10.1. The molecule has 80 valence electrons. The lowest BCUT2D eigenvalue weighted by Gasteiger charge is -2.05. The minimum atomic E-state index is 0.0612. The van der Waals surface area contributed by atoms with Crippen LogP contribution in [0, 0.1) is 0 Å². The number of Topliss-reactive ketones (excluding diaryl/α,β-unsaturated/α-hetero) is 1. The molecule has 0 unspecified atom stereocenters. The molecule has 1 aromatic rings. The molecule has 0 saturated heterocycles. The highest BCUT2D eigenvalue weighted by atomic mass is 79.9. The molecule has 0 bridgehead atoms. The number of ether oxygens (including phenoxy) is 1. The first-order valence-electron chi connectivity index (χ1n) is 4.60. The van der Waals surface area contributed by atoms with Gasteiger partial charge in [-0.25, -0.2) is 0 Å². The highest BCUT2D eigenvalue weighted by Crippen LogP contribution is 2.21. The summed E-state index contributed by atoms with van der Waals surface area (Å²) < 4.78 is 5.20. The summed E-state index contributed by atoms with van der Waals surface area (Å²) in [6.07, 6.45) is 3.89. The van der Waals surface area contributed by atoms with Crippen LogP contribution in [0.4, 0.5) is 0 Å². The van der Waals surface area contributed by atoms with E-state index in [1.807, 2.05) is 24.3 Å². The third kappa shape index (κ3) is 3.20. The van der Waals surface area contributed by atoms with Crippen molar-refractivity contribution < 1.29 is 9.53 Å². The monoisotopic (exact) mass is 268 g/mol. The maximum absolute atomic E-state index is 11.2. The third-order valence-corrected chi connectivity index (χ3v) is 2.40. The van der Waals surface area contributed by atoms with Gasteiger partial charge >= 0.3 is 0 Å². The predicted molar refractivity (Wildman–Crippen MR) is 65.8 cm³/mol. The summed E-state index contributed by atoms with van der Waals surface area (Å²) in [7, 11) is 1.62. The number of carbonyl (C=O) groups is 1. The Bertz CT molecular complexity index is 383. The topological polar surface area (TPSA) is 26.3 Å². The van der Waals surface area contributed by atoms with E-state index < -0.39 is 0 Å². The molecule has 15 heavy (non-hydrogen) atoms. The number of allylic oxidation sites excluding steroid dienone is 1. The van der Waals surface area contributed by atoms with Crippen LogP contribution in [-0.2, 0) is 0 Å². The highest BCUT2D eigenvalue weighted by Gasteiger charge is 2.04. The molecular weight excluding hydrogens is 256 g/mol. The number of carbonyl (C=O) groups excluding carboxylic acids is 1. The van der Waals surface area contributed by atoms with Gasteiger partial charge in [-0.15, -0.1) is 0 Å². The van der Waals surface area contributed by atoms with Gasteiger partial charge < -0.3 is 4.74 Å². The fraction of sp³-hybridized carbons (Fsp3) is 0.250. The van der Waals surface area contributed by atoms with Crippen LogP contribution in [0.25, 0.3) is 6.08 Å². The van der Waals surface area contributed by atoms with Crippen molar-refractivity contribution in [3.8, 4) is 5.75 Å². The molecule has 0 atom stereocenters. The van der Waals surface area contributed by atoms with E-state index in [0.717, 1.165) is 16.6 Å². The highest BCUT2D eigenvalue weighted by molar-refractivity contribution is 9.09. The number of methoxy groups -OCH3 is 1. The molecule has 0 fully saturated rings. The summed E-state index contributed by atoms with van der Waals surface area (Å²) in [5.41, 5.74) is 1.62. The Morgan fingerprint density at radius 2 is 2.27 bits per heavy atom. The van der Waals surface area contributed by atoms with E-state index in [0.29, 0.717) is 5.56 Å². The van der Waals surface area contributed by atoms with Gasteiger partial charge in [-0.1, -0.05) is 28.1 Å². The van der Waals surface area contributed by atoms with E-state index in [9.17, 15) is 4.79 Å². The van der Waals surface area contributed by atoms with E-state index in [-0.39, 0.29) is 5.78 Å². The average Bonchev–Trinajstić information content (AvgIpc) is 2.25. The van der Waals surface area contributed by atoms with Gasteiger partial charge in [0.05, 0.1) is 7.11 Å². The second-order valence-electron chi connectivity index (χ2n) is 3.07. The molecular formula is C12H13BrO2. The number of halogens is 1. The summed E-state index contributed by atoms with van der Waals surface area (Å²) in [6, 6.07) is 5.41. The van der Waals surface area contributed by atoms with Crippen molar-refractivity contribution in [1.82, 2.24) is 0 Å². The lowest BCUT2D eigenvalue weighted by Crippen LogP contribution is -1.94. The van der Waals surface area contributed by atoms with Crippen LogP contribution in [0.2, 0.25) is 0 Å². The van der Waals surface area contributed by atoms with Crippen LogP contribution in [0.5, 0.6) is 5.75 Å². The molecule has 1 rings (SSSR count). The van der Waals surface area contributed by atoms with Gasteiger partial charge in [0.15, 0.2) is 5.78 Å². The van der Waals surface area contributed by atoms with Crippen molar-refractivity contribution in [1.29, 1.82) is 0 Å². The summed E-state index contributed by atoms with van der Waals surface area (Å²) in [4.78, 5) is 11.2. The van der Waals surface area contributed by atoms with Crippen LogP contribution in [0.3, 0.4) is 0 Å². The summed E-state index contributed by atoms with van der Waals surface area (Å²) >= 11 is 3.31. The zero-order valence-corrected chi connectivity index (χ0v) is 10.4. The fourth-order valence-electron chi connectivity index (χ4n) is 1.26. The molecule has 0 radical (unpaired) electrons. The van der Waals surface area contributed by atoms with Crippen LogP contribution >= 0.6 is 15.9 Å². The molecule has 0 heterocycles. The van der Waals surface area contributed by atoms with Gasteiger partial charge in [0.2, 0.25) is 0 Å².